The highest BCUT2D eigenvalue weighted by Crippen LogP contribution is 2.42. The van der Waals surface area contributed by atoms with E-state index in [1.165, 1.54) is 13.0 Å². The summed E-state index contributed by atoms with van der Waals surface area (Å²) in [6.45, 7) is 4.53. The Balaban J connectivity index is 3.37. The molecule has 2 unspecified atom stereocenters. The van der Waals surface area contributed by atoms with Crippen LogP contribution in [-0.2, 0) is 9.59 Å². The molecule has 1 aliphatic rings. The van der Waals surface area contributed by atoms with E-state index in [9.17, 15) is 22.8 Å². The second kappa shape index (κ2) is 4.33. The van der Waals surface area contributed by atoms with Crippen LogP contribution < -0.4 is 10.6 Å². The molecule has 5 nitrogen and oxygen atoms in total. The molecule has 0 saturated carbocycles. The fourth-order valence-corrected chi connectivity index (χ4v) is 1.68. The van der Waals surface area contributed by atoms with Crippen LogP contribution in [0.5, 0.6) is 0 Å². The van der Waals surface area contributed by atoms with E-state index in [2.05, 4.69) is 6.58 Å². The van der Waals surface area contributed by atoms with Crippen LogP contribution in [-0.4, -0.2) is 23.5 Å². The number of carbonyl (C=O) groups excluding carboxylic acids is 2. The highest BCUT2D eigenvalue weighted by Gasteiger charge is 2.70. The first-order valence-corrected chi connectivity index (χ1v) is 4.98. The van der Waals surface area contributed by atoms with Gasteiger partial charge in [0.2, 0.25) is 11.4 Å². The van der Waals surface area contributed by atoms with Crippen molar-refractivity contribution < 1.29 is 22.8 Å². The maximum absolute atomic E-state index is 13.1. The third-order valence-corrected chi connectivity index (χ3v) is 2.65. The molecule has 1 fully saturated rings. The van der Waals surface area contributed by atoms with Crippen LogP contribution in [0, 0.1) is 17.2 Å². The zero-order valence-electron chi connectivity index (χ0n) is 9.39. The van der Waals surface area contributed by atoms with Crippen LogP contribution in [0.25, 0.3) is 0 Å². The lowest BCUT2D eigenvalue weighted by Crippen LogP contribution is -2.66. The van der Waals surface area contributed by atoms with Crippen LogP contribution in [0.1, 0.15) is 13.3 Å². The van der Waals surface area contributed by atoms with Gasteiger partial charge in [0, 0.05) is 12.1 Å². The molecule has 0 spiro atoms. The lowest BCUT2D eigenvalue weighted by molar-refractivity contribution is -0.202. The standard InChI is InChI=1S/C10H10F3N3O2/c1-3-7(17)16-9(10(11,12)13)6(4-14)5(2)15-8(9)18/h6H,2-3H2,1H3,(H,15,18)(H,16,17). The molecule has 2 atom stereocenters. The monoisotopic (exact) mass is 261 g/mol. The van der Waals surface area contributed by atoms with Gasteiger partial charge in [-0.05, 0) is 0 Å². The maximum atomic E-state index is 13.1. The predicted octanol–water partition coefficient (Wildman–Crippen LogP) is 0.597. The molecule has 1 saturated heterocycles. The van der Waals surface area contributed by atoms with Gasteiger partial charge >= 0.3 is 6.18 Å². The van der Waals surface area contributed by atoms with Gasteiger partial charge in [-0.2, -0.15) is 18.4 Å². The molecule has 2 N–H and O–H groups in total. The average Bonchev–Trinajstić information content (AvgIpc) is 2.49. The van der Waals surface area contributed by atoms with E-state index >= 15 is 0 Å². The Bertz CT molecular complexity index is 452. The molecule has 8 heteroatoms. The quantitative estimate of drug-likeness (QED) is 0.763. The van der Waals surface area contributed by atoms with E-state index in [0.29, 0.717) is 0 Å². The number of nitriles is 1. The zero-order chi connectivity index (χ0) is 14.1. The van der Waals surface area contributed by atoms with Gasteiger partial charge in [0.1, 0.15) is 5.92 Å². The molecule has 0 aromatic carbocycles. The van der Waals surface area contributed by atoms with E-state index in [4.69, 9.17) is 5.26 Å². The molecule has 0 bridgehead atoms. The van der Waals surface area contributed by atoms with Crippen LogP contribution in [0.15, 0.2) is 12.3 Å². The number of hydrogen-bond acceptors (Lipinski definition) is 3. The third-order valence-electron chi connectivity index (χ3n) is 2.65. The first-order chi connectivity index (χ1) is 8.20. The number of nitrogens with zero attached hydrogens (tertiary/aromatic N) is 1. The summed E-state index contributed by atoms with van der Waals surface area (Å²) in [4.78, 5) is 22.7. The summed E-state index contributed by atoms with van der Waals surface area (Å²) in [6.07, 6.45) is -5.34. The molecule has 18 heavy (non-hydrogen) atoms. The van der Waals surface area contributed by atoms with Crippen LogP contribution in [0.2, 0.25) is 0 Å². The number of halogens is 3. The fraction of sp³-hybridized carbons (Fsp3) is 0.500. The van der Waals surface area contributed by atoms with Crippen molar-refractivity contribution in [3.63, 3.8) is 0 Å². The summed E-state index contributed by atoms with van der Waals surface area (Å²) in [6, 6.07) is 1.35. The zero-order valence-corrected chi connectivity index (χ0v) is 9.39. The Morgan fingerprint density at radius 2 is 2.22 bits per heavy atom. The van der Waals surface area contributed by atoms with Gasteiger partial charge < -0.3 is 10.6 Å². The van der Waals surface area contributed by atoms with E-state index in [1.807, 2.05) is 5.32 Å². The Labute approximate surface area is 101 Å². The minimum absolute atomic E-state index is 0.240. The molecule has 0 radical (unpaired) electrons. The van der Waals surface area contributed by atoms with Gasteiger partial charge in [0.25, 0.3) is 5.91 Å². The minimum Gasteiger partial charge on any atom is -0.333 e. The normalized spacial score (nSPS) is 27.6. The van der Waals surface area contributed by atoms with E-state index in [1.54, 1.807) is 5.32 Å². The third kappa shape index (κ3) is 1.81. The molecule has 1 aliphatic heterocycles. The van der Waals surface area contributed by atoms with Gasteiger partial charge in [-0.25, -0.2) is 0 Å². The lowest BCUT2D eigenvalue weighted by atomic mass is 9.85. The van der Waals surface area contributed by atoms with Crippen molar-refractivity contribution in [2.45, 2.75) is 25.1 Å². The highest BCUT2D eigenvalue weighted by molar-refractivity contribution is 5.97. The minimum atomic E-state index is -5.10. The van der Waals surface area contributed by atoms with Gasteiger partial charge in [0.05, 0.1) is 6.07 Å². The molecular weight excluding hydrogens is 251 g/mol. The largest absolute Gasteiger partial charge is 0.422 e. The van der Waals surface area contributed by atoms with E-state index in [-0.39, 0.29) is 12.1 Å². The summed E-state index contributed by atoms with van der Waals surface area (Å²) in [5, 5.41) is 12.2. The topological polar surface area (TPSA) is 82.0 Å². The molecule has 0 aromatic rings. The molecular formula is C10H10F3N3O2. The predicted molar refractivity (Wildman–Crippen MR) is 53.6 cm³/mol. The Morgan fingerprint density at radius 1 is 1.67 bits per heavy atom. The summed E-state index contributed by atoms with van der Waals surface area (Å²) < 4.78 is 39.3. The summed E-state index contributed by atoms with van der Waals surface area (Å²) in [7, 11) is 0. The van der Waals surface area contributed by atoms with E-state index in [0.717, 1.165) is 0 Å². The Kier molecular flexibility index (Phi) is 3.37. The second-order valence-electron chi connectivity index (χ2n) is 3.75. The molecule has 2 amide bonds. The van der Waals surface area contributed by atoms with Crippen LogP contribution in [0.4, 0.5) is 13.2 Å². The average molecular weight is 261 g/mol. The molecule has 1 rings (SSSR count). The van der Waals surface area contributed by atoms with Crippen LogP contribution >= 0.6 is 0 Å². The van der Waals surface area contributed by atoms with Gasteiger partial charge in [0.15, 0.2) is 0 Å². The first-order valence-electron chi connectivity index (χ1n) is 4.98. The maximum Gasteiger partial charge on any atom is 0.422 e. The number of amides is 2. The van der Waals surface area contributed by atoms with Crippen molar-refractivity contribution in [1.29, 1.82) is 5.26 Å². The van der Waals surface area contributed by atoms with Crippen molar-refractivity contribution in [3.8, 4) is 6.07 Å². The summed E-state index contributed by atoms with van der Waals surface area (Å²) in [5.41, 5.74) is -3.64. The van der Waals surface area contributed by atoms with Gasteiger partial charge in [-0.1, -0.05) is 13.5 Å². The van der Waals surface area contributed by atoms with Gasteiger partial charge in [-0.3, -0.25) is 9.59 Å². The molecule has 0 aliphatic carbocycles. The lowest BCUT2D eigenvalue weighted by Gasteiger charge is -2.31. The smallest absolute Gasteiger partial charge is 0.333 e. The Morgan fingerprint density at radius 3 is 2.61 bits per heavy atom. The van der Waals surface area contributed by atoms with Crippen molar-refractivity contribution in [3.05, 3.63) is 12.3 Å². The number of carbonyl (C=O) groups is 2. The van der Waals surface area contributed by atoms with Crippen molar-refractivity contribution >= 4 is 11.8 Å². The van der Waals surface area contributed by atoms with Crippen molar-refractivity contribution in [2.75, 3.05) is 0 Å². The molecule has 0 aromatic heterocycles. The second-order valence-corrected chi connectivity index (χ2v) is 3.75. The Hall–Kier alpha value is -2.04. The number of hydrogen-bond donors (Lipinski definition) is 2. The fourth-order valence-electron chi connectivity index (χ4n) is 1.68. The number of alkyl halides is 3. The SMILES string of the molecule is C=C1NC(=O)C(NC(=O)CC)(C(F)(F)F)C1C#N. The van der Waals surface area contributed by atoms with Crippen molar-refractivity contribution in [2.24, 2.45) is 5.92 Å². The van der Waals surface area contributed by atoms with Crippen LogP contribution in [0.3, 0.4) is 0 Å². The van der Waals surface area contributed by atoms with E-state index < -0.39 is 29.4 Å². The summed E-state index contributed by atoms with van der Waals surface area (Å²) >= 11 is 0. The number of nitrogens with one attached hydrogen (secondary N) is 2. The molecule has 1 heterocycles. The highest BCUT2D eigenvalue weighted by atomic mass is 19.4. The molecule has 98 valence electrons. The van der Waals surface area contributed by atoms with Gasteiger partial charge in [-0.15, -0.1) is 0 Å². The first kappa shape index (κ1) is 14.0. The number of rotatable bonds is 2. The summed E-state index contributed by atoms with van der Waals surface area (Å²) in [5.74, 6) is -4.36. The van der Waals surface area contributed by atoms with Crippen molar-refractivity contribution in [1.82, 2.24) is 10.6 Å².